The van der Waals surface area contributed by atoms with Gasteiger partial charge in [-0.1, -0.05) is 24.3 Å². The highest BCUT2D eigenvalue weighted by Crippen LogP contribution is 2.31. The van der Waals surface area contributed by atoms with Crippen LogP contribution in [-0.4, -0.2) is 10.9 Å². The summed E-state index contributed by atoms with van der Waals surface area (Å²) in [7, 11) is 0. The molecule has 0 saturated heterocycles. The van der Waals surface area contributed by atoms with Crippen molar-refractivity contribution in [1.29, 1.82) is 0 Å². The highest BCUT2D eigenvalue weighted by Gasteiger charge is 2.23. The van der Waals surface area contributed by atoms with Crippen molar-refractivity contribution >= 4 is 11.4 Å². The lowest BCUT2D eigenvalue weighted by Gasteiger charge is -1.99. The summed E-state index contributed by atoms with van der Waals surface area (Å²) in [5.41, 5.74) is 2.40. The summed E-state index contributed by atoms with van der Waals surface area (Å²) in [6, 6.07) is 7.59. The number of hydrogen-bond donors (Lipinski definition) is 1. The molecular weight excluding hydrogens is 164 g/mol. The quantitative estimate of drug-likeness (QED) is 0.707. The molecule has 0 saturated carbocycles. The van der Waals surface area contributed by atoms with Gasteiger partial charge in [-0.15, -0.1) is 0 Å². The Bertz CT molecular complexity index is 402. The van der Waals surface area contributed by atoms with Crippen LogP contribution < -0.4 is 0 Å². The molecule has 2 rings (SSSR count). The van der Waals surface area contributed by atoms with Gasteiger partial charge in [0.15, 0.2) is 5.78 Å². The van der Waals surface area contributed by atoms with Crippen LogP contribution in [0.15, 0.2) is 30.0 Å². The predicted octanol–water partition coefficient (Wildman–Crippen LogP) is 2.10. The van der Waals surface area contributed by atoms with E-state index in [2.05, 4.69) is 0 Å². The maximum Gasteiger partial charge on any atom is 0.163 e. The molecule has 1 aromatic rings. The number of hydrogen-bond acceptors (Lipinski definition) is 2. The third-order valence-corrected chi connectivity index (χ3v) is 2.29. The molecule has 13 heavy (non-hydrogen) atoms. The number of aliphatic hydroxyl groups excluding tert-OH is 1. The third kappa shape index (κ3) is 1.15. The molecule has 2 nitrogen and oxygen atoms in total. The van der Waals surface area contributed by atoms with E-state index in [1.165, 1.54) is 6.92 Å². The Morgan fingerprint density at radius 2 is 2.08 bits per heavy atom. The average Bonchev–Trinajstić information content (AvgIpc) is 2.39. The highest BCUT2D eigenvalue weighted by molar-refractivity contribution is 6.21. The summed E-state index contributed by atoms with van der Waals surface area (Å²) in [5, 5.41) is 9.54. The smallest absolute Gasteiger partial charge is 0.163 e. The fourth-order valence-corrected chi connectivity index (χ4v) is 1.74. The molecule has 0 radical (unpaired) electrons. The summed E-state index contributed by atoms with van der Waals surface area (Å²) < 4.78 is 0. The van der Waals surface area contributed by atoms with E-state index in [1.54, 1.807) is 0 Å². The zero-order valence-corrected chi connectivity index (χ0v) is 7.37. The molecule has 2 heteroatoms. The number of fused-ring (bicyclic) bond motifs is 1. The Morgan fingerprint density at radius 1 is 1.38 bits per heavy atom. The van der Waals surface area contributed by atoms with Gasteiger partial charge < -0.3 is 5.11 Å². The van der Waals surface area contributed by atoms with Gasteiger partial charge in [-0.2, -0.15) is 0 Å². The fourth-order valence-electron chi connectivity index (χ4n) is 1.74. The normalized spacial score (nSPS) is 14.5. The van der Waals surface area contributed by atoms with E-state index in [9.17, 15) is 9.90 Å². The lowest BCUT2D eigenvalue weighted by molar-refractivity contribution is -0.111. The van der Waals surface area contributed by atoms with Crippen LogP contribution in [0.25, 0.3) is 5.57 Å². The molecule has 0 heterocycles. The van der Waals surface area contributed by atoms with E-state index in [0.717, 1.165) is 11.1 Å². The first-order chi connectivity index (χ1) is 6.20. The average molecular weight is 174 g/mol. The van der Waals surface area contributed by atoms with E-state index in [1.807, 2.05) is 24.3 Å². The number of aliphatic hydroxyl groups is 1. The first-order valence-electron chi connectivity index (χ1n) is 4.21. The molecule has 0 amide bonds. The Hall–Kier alpha value is -1.57. The largest absolute Gasteiger partial charge is 0.511 e. The fraction of sp³-hybridized carbons (Fsp3) is 0.182. The van der Waals surface area contributed by atoms with Gasteiger partial charge in [0, 0.05) is 6.42 Å². The molecule has 0 atom stereocenters. The number of Topliss-reactive ketones (excluding diaryl/α,β-unsaturated/α-hetero) is 1. The number of carbonyl (C=O) groups is 1. The Morgan fingerprint density at radius 3 is 2.77 bits per heavy atom. The van der Waals surface area contributed by atoms with Gasteiger partial charge in [-0.25, -0.2) is 0 Å². The summed E-state index contributed by atoms with van der Waals surface area (Å²) in [5.74, 6) is 0.135. The Kier molecular flexibility index (Phi) is 1.69. The summed E-state index contributed by atoms with van der Waals surface area (Å²) in [4.78, 5) is 11.2. The molecule has 0 unspecified atom stereocenters. The third-order valence-electron chi connectivity index (χ3n) is 2.29. The SMILES string of the molecule is CC(=O)C1=C(O)Cc2ccccc21. The van der Waals surface area contributed by atoms with Crippen LogP contribution in [0.4, 0.5) is 0 Å². The summed E-state index contributed by atoms with van der Waals surface area (Å²) in [6.07, 6.45) is 0.491. The van der Waals surface area contributed by atoms with Crippen molar-refractivity contribution in [2.75, 3.05) is 0 Å². The van der Waals surface area contributed by atoms with E-state index < -0.39 is 0 Å². The van der Waals surface area contributed by atoms with Crippen molar-refractivity contribution in [1.82, 2.24) is 0 Å². The second-order valence-electron chi connectivity index (χ2n) is 3.21. The van der Waals surface area contributed by atoms with Crippen molar-refractivity contribution in [2.24, 2.45) is 0 Å². The van der Waals surface area contributed by atoms with Gasteiger partial charge in [-0.3, -0.25) is 4.79 Å². The molecule has 0 fully saturated rings. The topological polar surface area (TPSA) is 37.3 Å². The van der Waals surface area contributed by atoms with Crippen molar-refractivity contribution < 1.29 is 9.90 Å². The second kappa shape index (κ2) is 2.73. The minimum Gasteiger partial charge on any atom is -0.511 e. The van der Waals surface area contributed by atoms with Crippen LogP contribution in [0.3, 0.4) is 0 Å². The molecule has 1 N–H and O–H groups in total. The van der Waals surface area contributed by atoms with Crippen molar-refractivity contribution in [2.45, 2.75) is 13.3 Å². The predicted molar refractivity (Wildman–Crippen MR) is 50.4 cm³/mol. The van der Waals surface area contributed by atoms with Crippen molar-refractivity contribution in [3.8, 4) is 0 Å². The van der Waals surface area contributed by atoms with Gasteiger partial charge in [0.2, 0.25) is 0 Å². The van der Waals surface area contributed by atoms with E-state index in [0.29, 0.717) is 12.0 Å². The standard InChI is InChI=1S/C11H10O2/c1-7(12)11-9-5-3-2-4-8(9)6-10(11)13/h2-5,13H,6H2,1H3. The lowest BCUT2D eigenvalue weighted by Crippen LogP contribution is -1.95. The van der Waals surface area contributed by atoms with Gasteiger partial charge in [0.25, 0.3) is 0 Å². The Balaban J connectivity index is 2.59. The second-order valence-corrected chi connectivity index (χ2v) is 3.21. The zero-order valence-electron chi connectivity index (χ0n) is 7.37. The molecule has 0 aliphatic heterocycles. The minimum atomic E-state index is -0.0672. The Labute approximate surface area is 76.5 Å². The van der Waals surface area contributed by atoms with Gasteiger partial charge in [0.1, 0.15) is 5.76 Å². The van der Waals surface area contributed by atoms with Crippen LogP contribution in [0.1, 0.15) is 18.1 Å². The van der Waals surface area contributed by atoms with E-state index in [4.69, 9.17) is 0 Å². The van der Waals surface area contributed by atoms with Crippen LogP contribution in [0.5, 0.6) is 0 Å². The molecule has 1 aliphatic carbocycles. The first-order valence-corrected chi connectivity index (χ1v) is 4.21. The molecular formula is C11H10O2. The molecule has 0 spiro atoms. The molecule has 0 aromatic heterocycles. The molecule has 66 valence electrons. The van der Waals surface area contributed by atoms with Crippen LogP contribution in [0.2, 0.25) is 0 Å². The van der Waals surface area contributed by atoms with Gasteiger partial charge in [-0.05, 0) is 18.1 Å². The van der Waals surface area contributed by atoms with Crippen LogP contribution >= 0.6 is 0 Å². The summed E-state index contributed by atoms with van der Waals surface area (Å²) >= 11 is 0. The minimum absolute atomic E-state index is 0.0672. The van der Waals surface area contributed by atoms with Crippen molar-refractivity contribution in [3.05, 3.63) is 41.2 Å². The monoisotopic (exact) mass is 174 g/mol. The first kappa shape index (κ1) is 8.05. The summed E-state index contributed by atoms with van der Waals surface area (Å²) in [6.45, 7) is 1.48. The van der Waals surface area contributed by atoms with E-state index in [-0.39, 0.29) is 11.5 Å². The highest BCUT2D eigenvalue weighted by atomic mass is 16.3. The maximum atomic E-state index is 11.2. The van der Waals surface area contributed by atoms with Crippen molar-refractivity contribution in [3.63, 3.8) is 0 Å². The molecule has 1 aliphatic rings. The van der Waals surface area contributed by atoms with Crippen LogP contribution in [-0.2, 0) is 11.2 Å². The van der Waals surface area contributed by atoms with E-state index >= 15 is 0 Å². The van der Waals surface area contributed by atoms with Gasteiger partial charge >= 0.3 is 0 Å². The number of ketones is 1. The molecule has 1 aromatic carbocycles. The number of allylic oxidation sites excluding steroid dienone is 2. The zero-order chi connectivity index (χ0) is 9.42. The molecule has 0 bridgehead atoms. The van der Waals surface area contributed by atoms with Gasteiger partial charge in [0.05, 0.1) is 5.57 Å². The lowest BCUT2D eigenvalue weighted by atomic mass is 10.0. The number of rotatable bonds is 1. The number of carbonyl (C=O) groups excluding carboxylic acids is 1. The maximum absolute atomic E-state index is 11.2. The number of benzene rings is 1. The van der Waals surface area contributed by atoms with Crippen LogP contribution in [0, 0.1) is 0 Å².